The molecule has 5 aromatic rings. The Labute approximate surface area is 209 Å². The Hall–Kier alpha value is -3.75. The van der Waals surface area contributed by atoms with Gasteiger partial charge in [-0.1, -0.05) is 43.6 Å². The number of carbonyl (C=O) groups is 1. The van der Waals surface area contributed by atoms with Crippen LogP contribution in [0, 0.1) is 10.1 Å². The molecule has 7 nitrogen and oxygen atoms in total. The molecule has 2 aromatic heterocycles. The van der Waals surface area contributed by atoms with Gasteiger partial charge in [0.15, 0.2) is 5.58 Å². The zero-order valence-corrected chi connectivity index (χ0v) is 20.4. The van der Waals surface area contributed by atoms with Crippen LogP contribution in [0.3, 0.4) is 0 Å². The van der Waals surface area contributed by atoms with Gasteiger partial charge in [0.1, 0.15) is 15.1 Å². The Morgan fingerprint density at radius 1 is 1.20 bits per heavy atom. The lowest BCUT2D eigenvalue weighted by Crippen LogP contribution is -2.10. The highest BCUT2D eigenvalue weighted by Gasteiger charge is 2.23. The Morgan fingerprint density at radius 2 is 1.97 bits per heavy atom. The lowest BCUT2D eigenvalue weighted by molar-refractivity contribution is -0.382. The number of aromatic nitrogens is 1. The molecule has 0 radical (unpaired) electrons. The predicted octanol–water partition coefficient (Wildman–Crippen LogP) is 8.04. The number of non-ortho nitro benzene ring substituents is 1. The zero-order valence-electron chi connectivity index (χ0n) is 18.9. The fourth-order valence-corrected chi connectivity index (χ4v) is 5.35. The summed E-state index contributed by atoms with van der Waals surface area (Å²) in [5, 5.41) is 14.8. The third-order valence-corrected chi connectivity index (χ3v) is 7.75. The van der Waals surface area contributed by atoms with E-state index in [4.69, 9.17) is 16.0 Å². The minimum atomic E-state index is -0.479. The molecule has 3 aromatic carbocycles. The summed E-state index contributed by atoms with van der Waals surface area (Å²) in [6.07, 6.45) is 1.05. The first-order chi connectivity index (χ1) is 16.9. The molecule has 0 spiro atoms. The van der Waals surface area contributed by atoms with E-state index in [-0.39, 0.29) is 15.6 Å². The van der Waals surface area contributed by atoms with Crippen LogP contribution in [-0.4, -0.2) is 15.8 Å². The first-order valence-electron chi connectivity index (χ1n) is 11.0. The molecule has 9 heteroatoms. The number of anilines is 1. The molecular weight excluding hydrogens is 486 g/mol. The molecule has 1 N–H and O–H groups in total. The van der Waals surface area contributed by atoms with E-state index in [0.717, 1.165) is 34.4 Å². The Bertz CT molecular complexity index is 1590. The molecule has 176 valence electrons. The monoisotopic (exact) mass is 505 g/mol. The zero-order chi connectivity index (χ0) is 24.7. The first-order valence-corrected chi connectivity index (χ1v) is 12.2. The third kappa shape index (κ3) is 4.26. The number of benzene rings is 3. The van der Waals surface area contributed by atoms with Crippen LogP contribution in [0.1, 0.15) is 41.4 Å². The van der Waals surface area contributed by atoms with E-state index in [1.54, 1.807) is 24.3 Å². The van der Waals surface area contributed by atoms with Crippen LogP contribution in [0.15, 0.2) is 65.1 Å². The maximum absolute atomic E-state index is 12.9. The molecule has 0 aliphatic heterocycles. The summed E-state index contributed by atoms with van der Waals surface area (Å²) in [5.41, 5.74) is 4.01. The van der Waals surface area contributed by atoms with Gasteiger partial charge in [-0.15, -0.1) is 11.3 Å². The summed E-state index contributed by atoms with van der Waals surface area (Å²) in [6.45, 7) is 4.34. The molecule has 0 saturated heterocycles. The second kappa shape index (κ2) is 9.13. The number of amides is 1. The highest BCUT2D eigenvalue weighted by molar-refractivity contribution is 7.22. The van der Waals surface area contributed by atoms with Gasteiger partial charge < -0.3 is 9.73 Å². The number of oxazole rings is 1. The van der Waals surface area contributed by atoms with Gasteiger partial charge in [0.2, 0.25) is 5.89 Å². The number of carbonyl (C=O) groups excluding carboxylic acids is 1. The Balaban J connectivity index is 1.38. The fourth-order valence-electron chi connectivity index (χ4n) is 3.86. The van der Waals surface area contributed by atoms with E-state index < -0.39 is 10.8 Å². The van der Waals surface area contributed by atoms with Gasteiger partial charge in [0.05, 0.1) is 9.95 Å². The number of nitrogens with one attached hydrogen (secondary N) is 1. The lowest BCUT2D eigenvalue weighted by Gasteiger charge is -2.07. The van der Waals surface area contributed by atoms with Crippen LogP contribution in [0.2, 0.25) is 5.02 Å². The average molecular weight is 506 g/mol. The largest absolute Gasteiger partial charge is 0.436 e. The molecular formula is C26H20ClN3O4S. The van der Waals surface area contributed by atoms with Crippen molar-refractivity contribution in [3.63, 3.8) is 0 Å². The third-order valence-electron chi connectivity index (χ3n) is 6.02. The van der Waals surface area contributed by atoms with Crippen LogP contribution in [0.25, 0.3) is 32.6 Å². The van der Waals surface area contributed by atoms with Crippen molar-refractivity contribution in [3.05, 3.63) is 86.2 Å². The van der Waals surface area contributed by atoms with E-state index >= 15 is 0 Å². The quantitative estimate of drug-likeness (QED) is 0.186. The van der Waals surface area contributed by atoms with Gasteiger partial charge in [-0.2, -0.15) is 0 Å². The SMILES string of the molecule is CC[C@H](C)c1ccc2oc(-c3ccc(NC(=O)c4sc5c([N+](=O)[O-])cccc5c4Cl)cc3)nc2c1. The number of nitro benzene ring substituents is 1. The maximum Gasteiger partial charge on any atom is 0.287 e. The number of nitro groups is 1. The molecule has 5 rings (SSSR count). The minimum Gasteiger partial charge on any atom is -0.436 e. The molecule has 0 aliphatic carbocycles. The number of nitrogens with zero attached hydrogens (tertiary/aromatic N) is 2. The topological polar surface area (TPSA) is 98.3 Å². The van der Waals surface area contributed by atoms with Crippen molar-refractivity contribution in [2.45, 2.75) is 26.2 Å². The second-order valence-electron chi connectivity index (χ2n) is 8.24. The number of halogens is 1. The standard InChI is InChI=1S/C26H20ClN3O4S/c1-3-14(2)16-9-12-21-19(13-16)29-26(34-21)15-7-10-17(11-8-15)28-25(31)24-22(27)18-5-4-6-20(30(32)33)23(18)35-24/h4-14H,3H2,1-2H3,(H,28,31)/t14-/m0/s1. The smallest absolute Gasteiger partial charge is 0.287 e. The molecule has 1 amide bonds. The number of fused-ring (bicyclic) bond motifs is 2. The van der Waals surface area contributed by atoms with Gasteiger partial charge in [-0.25, -0.2) is 4.98 Å². The number of thiophene rings is 1. The van der Waals surface area contributed by atoms with Gasteiger partial charge in [-0.05, 0) is 54.3 Å². The molecule has 0 bridgehead atoms. The van der Waals surface area contributed by atoms with Crippen molar-refractivity contribution in [1.82, 2.24) is 4.98 Å². The summed E-state index contributed by atoms with van der Waals surface area (Å²) >= 11 is 7.39. The molecule has 0 saturated carbocycles. The Kier molecular flexibility index (Phi) is 6.00. The van der Waals surface area contributed by atoms with Crippen molar-refractivity contribution < 1.29 is 14.1 Å². The van der Waals surface area contributed by atoms with Crippen LogP contribution < -0.4 is 5.32 Å². The average Bonchev–Trinajstić information content (AvgIpc) is 3.44. The minimum absolute atomic E-state index is 0.0765. The van der Waals surface area contributed by atoms with Crippen molar-refractivity contribution in [1.29, 1.82) is 0 Å². The molecule has 1 atom stereocenters. The summed E-state index contributed by atoms with van der Waals surface area (Å²) in [4.78, 5) is 28.6. The van der Waals surface area contributed by atoms with Gasteiger partial charge in [-0.3, -0.25) is 14.9 Å². The lowest BCUT2D eigenvalue weighted by atomic mass is 9.98. The molecule has 2 heterocycles. The summed E-state index contributed by atoms with van der Waals surface area (Å²) < 4.78 is 6.29. The second-order valence-corrected chi connectivity index (χ2v) is 9.64. The molecule has 0 fully saturated rings. The number of hydrogen-bond donors (Lipinski definition) is 1. The summed E-state index contributed by atoms with van der Waals surface area (Å²) in [5.74, 6) is 0.514. The normalized spacial score (nSPS) is 12.2. The van der Waals surface area contributed by atoms with Gasteiger partial charge >= 0.3 is 0 Å². The van der Waals surface area contributed by atoms with Crippen LogP contribution >= 0.6 is 22.9 Å². The molecule has 0 aliphatic rings. The first kappa shape index (κ1) is 23.0. The predicted molar refractivity (Wildman–Crippen MR) is 140 cm³/mol. The Morgan fingerprint density at radius 3 is 2.69 bits per heavy atom. The van der Waals surface area contributed by atoms with Gasteiger partial charge in [0.25, 0.3) is 11.6 Å². The molecule has 35 heavy (non-hydrogen) atoms. The van der Waals surface area contributed by atoms with E-state index in [2.05, 4.69) is 36.3 Å². The highest BCUT2D eigenvalue weighted by atomic mass is 35.5. The number of hydrogen-bond acceptors (Lipinski definition) is 6. The van der Waals surface area contributed by atoms with E-state index in [1.807, 2.05) is 18.2 Å². The van der Waals surface area contributed by atoms with Crippen molar-refractivity contribution >= 4 is 61.4 Å². The van der Waals surface area contributed by atoms with Crippen LogP contribution in [0.4, 0.5) is 11.4 Å². The van der Waals surface area contributed by atoms with Crippen LogP contribution in [-0.2, 0) is 0 Å². The van der Waals surface area contributed by atoms with Crippen molar-refractivity contribution in [2.75, 3.05) is 5.32 Å². The van der Waals surface area contributed by atoms with Crippen LogP contribution in [0.5, 0.6) is 0 Å². The van der Waals surface area contributed by atoms with E-state index in [1.165, 1.54) is 11.6 Å². The van der Waals surface area contributed by atoms with Gasteiger partial charge in [0, 0.05) is 22.7 Å². The maximum atomic E-state index is 12.9. The number of rotatable bonds is 6. The summed E-state index contributed by atoms with van der Waals surface area (Å²) in [6, 6.07) is 17.8. The van der Waals surface area contributed by atoms with E-state index in [9.17, 15) is 14.9 Å². The van der Waals surface area contributed by atoms with E-state index in [0.29, 0.717) is 27.6 Å². The molecule has 0 unspecified atom stereocenters. The van der Waals surface area contributed by atoms with Crippen molar-refractivity contribution in [2.24, 2.45) is 0 Å². The summed E-state index contributed by atoms with van der Waals surface area (Å²) in [7, 11) is 0. The highest BCUT2D eigenvalue weighted by Crippen LogP contribution is 2.40. The van der Waals surface area contributed by atoms with Crippen molar-refractivity contribution in [3.8, 4) is 11.5 Å². The fraction of sp³-hybridized carbons (Fsp3) is 0.154.